The van der Waals surface area contributed by atoms with Crippen molar-refractivity contribution in [2.24, 2.45) is 0 Å². The van der Waals surface area contributed by atoms with Crippen LogP contribution in [0.2, 0.25) is 19.6 Å². The van der Waals surface area contributed by atoms with Crippen LogP contribution in [0, 0.1) is 13.5 Å². The van der Waals surface area contributed by atoms with Crippen molar-refractivity contribution in [3.05, 3.63) is 13.5 Å². The number of ether oxygens (including phenoxy) is 2. The number of hydrogen-bond acceptors (Lipinski definition) is 2. The summed E-state index contributed by atoms with van der Waals surface area (Å²) in [5, 5.41) is 0. The quantitative estimate of drug-likeness (QED) is 0.527. The van der Waals surface area contributed by atoms with Crippen molar-refractivity contribution in [3.8, 4) is 0 Å². The van der Waals surface area contributed by atoms with Gasteiger partial charge in [0.25, 0.3) is 0 Å². The van der Waals surface area contributed by atoms with Crippen molar-refractivity contribution in [3.63, 3.8) is 0 Å². The Morgan fingerprint density at radius 3 is 1.69 bits per heavy atom. The van der Waals surface area contributed by atoms with Gasteiger partial charge in [0.1, 0.15) is 6.29 Å². The molecule has 13 heavy (non-hydrogen) atoms. The fourth-order valence-electron chi connectivity index (χ4n) is 0.574. The standard InChI is InChI=1S/C5H9O2.C4H11Si.Zn/c1-2-5-6-3-4-7-5;1-5(2,3)4;/h5H,1-4H2;1H2,2-4H3;/q2*-1;+2. The minimum atomic E-state index is -0.861. The van der Waals surface area contributed by atoms with Crippen LogP contribution in [-0.2, 0) is 29.0 Å². The van der Waals surface area contributed by atoms with Gasteiger partial charge >= 0.3 is 19.5 Å². The first kappa shape index (κ1) is 16.2. The minimum absolute atomic E-state index is 0. The first-order valence-corrected chi connectivity index (χ1v) is 8.02. The van der Waals surface area contributed by atoms with Gasteiger partial charge < -0.3 is 22.9 Å². The summed E-state index contributed by atoms with van der Waals surface area (Å²) in [6, 6.07) is 0. The van der Waals surface area contributed by atoms with Crippen LogP contribution in [-0.4, -0.2) is 27.6 Å². The third kappa shape index (κ3) is 15.5. The van der Waals surface area contributed by atoms with E-state index in [4.69, 9.17) is 9.47 Å². The van der Waals surface area contributed by atoms with Gasteiger partial charge in [0.2, 0.25) is 0 Å². The van der Waals surface area contributed by atoms with Gasteiger partial charge in [-0.1, -0.05) is 19.6 Å². The predicted molar refractivity (Wildman–Crippen MR) is 54.4 cm³/mol. The van der Waals surface area contributed by atoms with Crippen LogP contribution in [0.4, 0.5) is 0 Å². The zero-order chi connectivity index (χ0) is 9.61. The Hall–Kier alpha value is 0.760. The average Bonchev–Trinajstić information content (AvgIpc) is 2.33. The van der Waals surface area contributed by atoms with Gasteiger partial charge in [0.15, 0.2) is 0 Å². The van der Waals surface area contributed by atoms with E-state index in [9.17, 15) is 0 Å². The molecule has 0 unspecified atom stereocenters. The molecule has 1 heterocycles. The molecular formula is C9H20O2SiZn. The molecule has 0 aliphatic carbocycles. The van der Waals surface area contributed by atoms with E-state index in [2.05, 4.69) is 33.1 Å². The molecule has 0 aromatic carbocycles. The normalized spacial score (nSPS) is 17.3. The summed E-state index contributed by atoms with van der Waals surface area (Å²) in [5.41, 5.74) is 0. The summed E-state index contributed by atoms with van der Waals surface area (Å²) in [5.74, 6) is 0. The summed E-state index contributed by atoms with van der Waals surface area (Å²) in [6.07, 6.45) is 0.708. The van der Waals surface area contributed by atoms with E-state index < -0.39 is 8.07 Å². The molecule has 1 aliphatic heterocycles. The maximum atomic E-state index is 5.02. The van der Waals surface area contributed by atoms with Crippen molar-refractivity contribution < 1.29 is 29.0 Å². The van der Waals surface area contributed by atoms with Gasteiger partial charge in [0.05, 0.1) is 13.2 Å². The van der Waals surface area contributed by atoms with Gasteiger partial charge in [-0.25, -0.2) is 0 Å². The van der Waals surface area contributed by atoms with Crippen LogP contribution in [0.3, 0.4) is 0 Å². The molecule has 0 spiro atoms. The Kier molecular flexibility index (Phi) is 10.1. The van der Waals surface area contributed by atoms with E-state index in [1.54, 1.807) is 0 Å². The molecule has 4 heteroatoms. The van der Waals surface area contributed by atoms with E-state index in [0.717, 1.165) is 19.6 Å². The molecule has 1 aliphatic rings. The summed E-state index contributed by atoms with van der Waals surface area (Å²) in [7, 11) is -0.861. The molecule has 0 aromatic rings. The van der Waals surface area contributed by atoms with Gasteiger partial charge in [-0.15, -0.1) is 14.5 Å². The van der Waals surface area contributed by atoms with Crippen LogP contribution in [0.15, 0.2) is 0 Å². The van der Waals surface area contributed by atoms with Crippen molar-refractivity contribution in [1.29, 1.82) is 0 Å². The molecular weight excluding hydrogens is 234 g/mol. The van der Waals surface area contributed by atoms with Crippen LogP contribution in [0.25, 0.3) is 0 Å². The summed E-state index contributed by atoms with van der Waals surface area (Å²) in [4.78, 5) is 0. The van der Waals surface area contributed by atoms with Crippen molar-refractivity contribution in [1.82, 2.24) is 0 Å². The fourth-order valence-corrected chi connectivity index (χ4v) is 0.574. The second kappa shape index (κ2) is 8.10. The monoisotopic (exact) mass is 252 g/mol. The smallest absolute Gasteiger partial charge is 0.353 e. The Labute approximate surface area is 96.2 Å². The molecule has 1 fully saturated rings. The summed E-state index contributed by atoms with van der Waals surface area (Å²) < 4.78 is 10.0. The summed E-state index contributed by atoms with van der Waals surface area (Å²) in [6.45, 7) is 15.6. The van der Waals surface area contributed by atoms with E-state index >= 15 is 0 Å². The zero-order valence-electron chi connectivity index (χ0n) is 9.14. The van der Waals surface area contributed by atoms with Gasteiger partial charge in [-0.2, -0.15) is 0 Å². The molecule has 0 aromatic heterocycles. The first-order chi connectivity index (χ1) is 5.43. The van der Waals surface area contributed by atoms with Crippen LogP contribution in [0.1, 0.15) is 6.42 Å². The Morgan fingerprint density at radius 1 is 1.23 bits per heavy atom. The molecule has 2 nitrogen and oxygen atoms in total. The largest absolute Gasteiger partial charge is 2.00 e. The second-order valence-electron chi connectivity index (χ2n) is 4.02. The zero-order valence-corrected chi connectivity index (χ0v) is 13.1. The SMILES string of the molecule is [CH2-]CC1OCCO1.[CH2-][Si](C)(C)C.[Zn+2]. The predicted octanol–water partition coefficient (Wildman–Crippen LogP) is 2.28. The Morgan fingerprint density at radius 2 is 1.54 bits per heavy atom. The molecule has 0 N–H and O–H groups in total. The average molecular weight is 254 g/mol. The number of hydrogen-bond donors (Lipinski definition) is 0. The maximum Gasteiger partial charge on any atom is 2.00 e. The second-order valence-corrected chi connectivity index (χ2v) is 9.14. The van der Waals surface area contributed by atoms with Crippen LogP contribution >= 0.6 is 0 Å². The van der Waals surface area contributed by atoms with Crippen molar-refractivity contribution >= 4 is 8.07 Å². The molecule has 1 saturated heterocycles. The van der Waals surface area contributed by atoms with Crippen molar-refractivity contribution in [2.75, 3.05) is 13.2 Å². The first-order valence-electron chi connectivity index (χ1n) is 4.31. The van der Waals surface area contributed by atoms with Crippen LogP contribution < -0.4 is 0 Å². The molecule has 1 rings (SSSR count). The molecule has 0 bridgehead atoms. The van der Waals surface area contributed by atoms with E-state index in [0.29, 0.717) is 0 Å². The fraction of sp³-hybridized carbons (Fsp3) is 0.778. The molecule has 74 valence electrons. The third-order valence-corrected chi connectivity index (χ3v) is 0.927. The van der Waals surface area contributed by atoms with Gasteiger partial charge in [0, 0.05) is 0 Å². The molecule has 0 atom stereocenters. The van der Waals surface area contributed by atoms with E-state index in [1.165, 1.54) is 0 Å². The van der Waals surface area contributed by atoms with Crippen molar-refractivity contribution in [2.45, 2.75) is 32.4 Å². The minimum Gasteiger partial charge on any atom is -0.353 e. The van der Waals surface area contributed by atoms with E-state index in [-0.39, 0.29) is 25.8 Å². The number of rotatable bonds is 1. The van der Waals surface area contributed by atoms with Gasteiger partial charge in [-0.05, 0) is 0 Å². The molecule has 0 saturated carbocycles. The third-order valence-electron chi connectivity index (χ3n) is 0.927. The van der Waals surface area contributed by atoms with E-state index in [1.807, 2.05) is 0 Å². The Bertz CT molecular complexity index is 103. The molecule has 0 radical (unpaired) electrons. The molecule has 0 amide bonds. The topological polar surface area (TPSA) is 18.5 Å². The Balaban J connectivity index is 0. The van der Waals surface area contributed by atoms with Gasteiger partial charge in [-0.3, -0.25) is 0 Å². The van der Waals surface area contributed by atoms with Crippen LogP contribution in [0.5, 0.6) is 0 Å². The summed E-state index contributed by atoms with van der Waals surface area (Å²) >= 11 is 0. The maximum absolute atomic E-state index is 5.02.